The van der Waals surface area contributed by atoms with E-state index in [9.17, 15) is 0 Å². The quantitative estimate of drug-likeness (QED) is 0.718. The van der Waals surface area contributed by atoms with Crippen LogP contribution in [0.3, 0.4) is 0 Å². The normalized spacial score (nSPS) is 12.2. The van der Waals surface area contributed by atoms with E-state index in [4.69, 9.17) is 16.6 Å². The molecule has 1 atom stereocenters. The molecule has 0 spiro atoms. The van der Waals surface area contributed by atoms with Crippen molar-refractivity contribution >= 4 is 23.0 Å². The molecule has 2 aromatic rings. The van der Waals surface area contributed by atoms with Crippen LogP contribution in [0, 0.1) is 12.8 Å². The highest BCUT2D eigenvalue weighted by atomic mass is 32.1. The van der Waals surface area contributed by atoms with Crippen molar-refractivity contribution in [2.45, 2.75) is 40.2 Å². The van der Waals surface area contributed by atoms with Crippen molar-refractivity contribution in [3.8, 4) is 0 Å². The Labute approximate surface area is 144 Å². The lowest BCUT2D eigenvalue weighted by atomic mass is 10.1. The van der Waals surface area contributed by atoms with Crippen molar-refractivity contribution in [2.75, 3.05) is 11.9 Å². The molecule has 3 nitrogen and oxygen atoms in total. The van der Waals surface area contributed by atoms with Crippen molar-refractivity contribution in [3.05, 3.63) is 54.0 Å². The Hall–Kier alpha value is -1.81. The Kier molecular flexibility index (Phi) is 6.22. The molecule has 0 saturated carbocycles. The number of para-hydroxylation sites is 1. The maximum absolute atomic E-state index is 5.69. The van der Waals surface area contributed by atoms with Crippen molar-refractivity contribution in [1.29, 1.82) is 0 Å². The topological polar surface area (TPSA) is 28.4 Å². The summed E-state index contributed by atoms with van der Waals surface area (Å²) in [6, 6.07) is 12.2. The van der Waals surface area contributed by atoms with E-state index < -0.39 is 0 Å². The molecule has 1 aromatic heterocycles. The SMILES string of the molecule is Cc1ccccc1NC(=S)N(CCC(C)C)[C@@H](C)c1ccco1. The summed E-state index contributed by atoms with van der Waals surface area (Å²) in [4.78, 5) is 2.21. The van der Waals surface area contributed by atoms with Gasteiger partial charge in [-0.25, -0.2) is 0 Å². The molecule has 1 aromatic carbocycles. The smallest absolute Gasteiger partial charge is 0.174 e. The molecule has 0 radical (unpaired) electrons. The Morgan fingerprint density at radius 1 is 1.17 bits per heavy atom. The summed E-state index contributed by atoms with van der Waals surface area (Å²) < 4.78 is 5.58. The second kappa shape index (κ2) is 8.16. The van der Waals surface area contributed by atoms with E-state index in [1.54, 1.807) is 6.26 Å². The van der Waals surface area contributed by atoms with E-state index >= 15 is 0 Å². The number of nitrogens with one attached hydrogen (secondary N) is 1. The van der Waals surface area contributed by atoms with Gasteiger partial charge in [0.05, 0.1) is 12.3 Å². The molecule has 0 aliphatic carbocycles. The molecule has 4 heteroatoms. The predicted octanol–water partition coefficient (Wildman–Crippen LogP) is 5.39. The minimum Gasteiger partial charge on any atom is -0.467 e. The average Bonchev–Trinajstić information content (AvgIpc) is 3.03. The molecule has 0 unspecified atom stereocenters. The molecule has 23 heavy (non-hydrogen) atoms. The van der Waals surface area contributed by atoms with E-state index in [0.717, 1.165) is 29.5 Å². The zero-order valence-electron chi connectivity index (χ0n) is 14.4. The molecule has 0 bridgehead atoms. The van der Waals surface area contributed by atoms with Gasteiger partial charge >= 0.3 is 0 Å². The van der Waals surface area contributed by atoms with Gasteiger partial charge in [-0.2, -0.15) is 0 Å². The van der Waals surface area contributed by atoms with Crippen LogP contribution in [-0.2, 0) is 0 Å². The highest BCUT2D eigenvalue weighted by molar-refractivity contribution is 7.80. The summed E-state index contributed by atoms with van der Waals surface area (Å²) in [5, 5.41) is 4.13. The number of benzene rings is 1. The van der Waals surface area contributed by atoms with Gasteiger partial charge in [0, 0.05) is 12.2 Å². The van der Waals surface area contributed by atoms with Gasteiger partial charge in [0.1, 0.15) is 5.76 Å². The lowest BCUT2D eigenvalue weighted by Gasteiger charge is -2.31. The molecule has 0 aliphatic heterocycles. The van der Waals surface area contributed by atoms with Gasteiger partial charge in [-0.15, -0.1) is 0 Å². The van der Waals surface area contributed by atoms with Gasteiger partial charge in [0.15, 0.2) is 5.11 Å². The van der Waals surface area contributed by atoms with Gasteiger partial charge in [0.25, 0.3) is 0 Å². The van der Waals surface area contributed by atoms with Crippen LogP contribution in [0.25, 0.3) is 0 Å². The van der Waals surface area contributed by atoms with Crippen molar-refractivity contribution in [3.63, 3.8) is 0 Å². The van der Waals surface area contributed by atoms with E-state index in [0.29, 0.717) is 5.92 Å². The highest BCUT2D eigenvalue weighted by Crippen LogP contribution is 2.24. The first-order chi connectivity index (χ1) is 11.0. The summed E-state index contributed by atoms with van der Waals surface area (Å²) in [7, 11) is 0. The molecular weight excluding hydrogens is 304 g/mol. The third-order valence-corrected chi connectivity index (χ3v) is 4.35. The summed E-state index contributed by atoms with van der Waals surface area (Å²) >= 11 is 5.69. The number of anilines is 1. The van der Waals surface area contributed by atoms with Gasteiger partial charge in [-0.3, -0.25) is 0 Å². The number of hydrogen-bond donors (Lipinski definition) is 1. The van der Waals surface area contributed by atoms with E-state index in [1.807, 2.05) is 24.3 Å². The Bertz CT molecular complexity index is 622. The number of nitrogens with zero attached hydrogens (tertiary/aromatic N) is 1. The number of thiocarbonyl (C=S) groups is 1. The van der Waals surface area contributed by atoms with Crippen LogP contribution in [0.5, 0.6) is 0 Å². The first kappa shape index (κ1) is 17.5. The fraction of sp³-hybridized carbons (Fsp3) is 0.421. The third-order valence-electron chi connectivity index (χ3n) is 4.02. The summed E-state index contributed by atoms with van der Waals surface area (Å²) in [5.41, 5.74) is 2.24. The fourth-order valence-electron chi connectivity index (χ4n) is 2.45. The second-order valence-corrected chi connectivity index (χ2v) is 6.70. The third kappa shape index (κ3) is 4.83. The minimum absolute atomic E-state index is 0.104. The standard InChI is InChI=1S/C19H26N2OS/c1-14(2)11-12-21(16(4)18-10-7-13-22-18)19(23)20-17-9-6-5-8-15(17)3/h5-10,13-14,16H,11-12H2,1-4H3,(H,20,23)/t16-/m0/s1. The van der Waals surface area contributed by atoms with Crippen molar-refractivity contribution in [2.24, 2.45) is 5.92 Å². The molecule has 2 rings (SSSR count). The fourth-order valence-corrected chi connectivity index (χ4v) is 2.81. The molecule has 1 N–H and O–H groups in total. The number of rotatable bonds is 6. The van der Waals surface area contributed by atoms with Crippen LogP contribution in [-0.4, -0.2) is 16.6 Å². The lowest BCUT2D eigenvalue weighted by molar-refractivity contribution is 0.281. The zero-order valence-corrected chi connectivity index (χ0v) is 15.2. The van der Waals surface area contributed by atoms with Gasteiger partial charge in [-0.1, -0.05) is 32.0 Å². The molecule has 0 fully saturated rings. The van der Waals surface area contributed by atoms with Crippen molar-refractivity contribution < 1.29 is 4.42 Å². The molecule has 1 heterocycles. The Morgan fingerprint density at radius 2 is 1.91 bits per heavy atom. The second-order valence-electron chi connectivity index (χ2n) is 6.31. The van der Waals surface area contributed by atoms with Crippen molar-refractivity contribution in [1.82, 2.24) is 4.90 Å². The first-order valence-corrected chi connectivity index (χ1v) is 8.56. The maximum Gasteiger partial charge on any atom is 0.174 e. The average molecular weight is 330 g/mol. The van der Waals surface area contributed by atoms with E-state index in [-0.39, 0.29) is 6.04 Å². The lowest BCUT2D eigenvalue weighted by Crippen LogP contribution is -2.38. The van der Waals surface area contributed by atoms with Crippen LogP contribution in [0.4, 0.5) is 5.69 Å². The van der Waals surface area contributed by atoms with Crippen LogP contribution >= 0.6 is 12.2 Å². The van der Waals surface area contributed by atoms with Gasteiger partial charge < -0.3 is 14.6 Å². The van der Waals surface area contributed by atoms with E-state index in [2.05, 4.69) is 50.0 Å². The molecule has 0 saturated heterocycles. The molecular formula is C19H26N2OS. The number of aryl methyl sites for hydroxylation is 1. The van der Waals surface area contributed by atoms with Crippen LogP contribution in [0.15, 0.2) is 47.1 Å². The van der Waals surface area contributed by atoms with Crippen LogP contribution in [0.1, 0.15) is 44.6 Å². The molecule has 0 amide bonds. The first-order valence-electron chi connectivity index (χ1n) is 8.15. The highest BCUT2D eigenvalue weighted by Gasteiger charge is 2.21. The van der Waals surface area contributed by atoms with Crippen LogP contribution in [0.2, 0.25) is 0 Å². The maximum atomic E-state index is 5.69. The summed E-state index contributed by atoms with van der Waals surface area (Å²) in [6.07, 6.45) is 2.80. The Balaban J connectivity index is 2.15. The number of furan rings is 1. The minimum atomic E-state index is 0.104. The Morgan fingerprint density at radius 3 is 2.52 bits per heavy atom. The summed E-state index contributed by atoms with van der Waals surface area (Å²) in [6.45, 7) is 9.57. The summed E-state index contributed by atoms with van der Waals surface area (Å²) in [5.74, 6) is 1.56. The predicted molar refractivity (Wildman–Crippen MR) is 101 cm³/mol. The monoisotopic (exact) mass is 330 g/mol. The zero-order chi connectivity index (χ0) is 16.8. The molecule has 0 aliphatic rings. The number of hydrogen-bond acceptors (Lipinski definition) is 2. The van der Waals surface area contributed by atoms with Crippen LogP contribution < -0.4 is 5.32 Å². The van der Waals surface area contributed by atoms with Gasteiger partial charge in [-0.05, 0) is 62.2 Å². The van der Waals surface area contributed by atoms with Gasteiger partial charge in [0.2, 0.25) is 0 Å². The largest absolute Gasteiger partial charge is 0.467 e. The molecule has 124 valence electrons. The van der Waals surface area contributed by atoms with E-state index in [1.165, 1.54) is 5.56 Å².